The predicted octanol–water partition coefficient (Wildman–Crippen LogP) is 0.357. The van der Waals surface area contributed by atoms with Crippen LogP contribution in [0.25, 0.3) is 0 Å². The molecule has 1 atom stereocenters. The van der Waals surface area contributed by atoms with Crippen molar-refractivity contribution in [1.82, 2.24) is 0 Å². The molecule has 0 saturated carbocycles. The number of amides is 1. The van der Waals surface area contributed by atoms with Crippen molar-refractivity contribution >= 4 is 27.1 Å². The normalized spacial score (nSPS) is 21.2. The second-order valence-corrected chi connectivity index (χ2v) is 7.08. The molecule has 1 aromatic rings. The first-order valence-corrected chi connectivity index (χ1v) is 7.76. The van der Waals surface area contributed by atoms with Crippen LogP contribution in [0.3, 0.4) is 0 Å². The molecule has 1 saturated heterocycles. The maximum absolute atomic E-state index is 11.7. The third-order valence-corrected chi connectivity index (χ3v) is 5.59. The zero-order valence-electron chi connectivity index (χ0n) is 10.4. The van der Waals surface area contributed by atoms with Gasteiger partial charge in [0, 0.05) is 12.1 Å². The van der Waals surface area contributed by atoms with E-state index in [1.54, 1.807) is 12.1 Å². The maximum atomic E-state index is 11.7. The highest BCUT2D eigenvalue weighted by atomic mass is 32.2. The van der Waals surface area contributed by atoms with E-state index in [2.05, 4.69) is 5.32 Å². The topological polar surface area (TPSA) is 115 Å². The number of hydrogen-bond acceptors (Lipinski definition) is 5. The average molecular weight is 283 g/mol. The molecule has 1 amide bonds. The van der Waals surface area contributed by atoms with Crippen molar-refractivity contribution in [3.05, 3.63) is 23.8 Å². The third-order valence-electron chi connectivity index (χ3n) is 3.32. The first-order valence-electron chi connectivity index (χ1n) is 6.05. The molecule has 1 fully saturated rings. The van der Waals surface area contributed by atoms with Crippen molar-refractivity contribution in [2.45, 2.75) is 18.1 Å². The monoisotopic (exact) mass is 283 g/mol. The van der Waals surface area contributed by atoms with Crippen LogP contribution in [0.5, 0.6) is 0 Å². The highest BCUT2D eigenvalue weighted by molar-refractivity contribution is 7.92. The fourth-order valence-corrected chi connectivity index (χ4v) is 3.95. The van der Waals surface area contributed by atoms with Crippen molar-refractivity contribution in [2.24, 2.45) is 5.73 Å². The van der Waals surface area contributed by atoms with Crippen molar-refractivity contribution < 1.29 is 13.2 Å². The molecule has 1 aliphatic rings. The van der Waals surface area contributed by atoms with Crippen LogP contribution in [0, 0.1) is 0 Å². The molecule has 6 nitrogen and oxygen atoms in total. The number of rotatable bonds is 4. The van der Waals surface area contributed by atoms with Crippen LogP contribution in [0.4, 0.5) is 11.4 Å². The Morgan fingerprint density at radius 3 is 2.68 bits per heavy atom. The number of nitrogen functional groups attached to an aromatic ring is 1. The Hall–Kier alpha value is -1.76. The van der Waals surface area contributed by atoms with Gasteiger partial charge in [0.2, 0.25) is 5.91 Å². The number of sulfone groups is 1. The highest BCUT2D eigenvalue weighted by Gasteiger charge is 2.30. The van der Waals surface area contributed by atoms with E-state index in [0.29, 0.717) is 36.3 Å². The lowest BCUT2D eigenvalue weighted by Gasteiger charge is -2.14. The van der Waals surface area contributed by atoms with E-state index in [0.717, 1.165) is 0 Å². The lowest BCUT2D eigenvalue weighted by molar-refractivity contribution is 0.100. The molecule has 0 aliphatic carbocycles. The van der Waals surface area contributed by atoms with E-state index in [-0.39, 0.29) is 11.0 Å². The number of nitrogens with two attached hydrogens (primary N) is 2. The summed E-state index contributed by atoms with van der Waals surface area (Å²) in [7, 11) is -2.97. The van der Waals surface area contributed by atoms with E-state index in [1.165, 1.54) is 6.07 Å². The summed E-state index contributed by atoms with van der Waals surface area (Å²) >= 11 is 0. The van der Waals surface area contributed by atoms with E-state index < -0.39 is 15.7 Å². The maximum Gasteiger partial charge on any atom is 0.248 e. The number of primary amides is 1. The minimum absolute atomic E-state index is 0.259. The Labute approximate surface area is 112 Å². The van der Waals surface area contributed by atoms with Crippen molar-refractivity contribution in [3.63, 3.8) is 0 Å². The Morgan fingerprint density at radius 2 is 2.16 bits per heavy atom. The second kappa shape index (κ2) is 5.08. The third kappa shape index (κ3) is 2.98. The Morgan fingerprint density at radius 1 is 1.42 bits per heavy atom. The molecule has 2 rings (SSSR count). The molecular weight excluding hydrogens is 266 g/mol. The summed E-state index contributed by atoms with van der Waals surface area (Å²) in [6.45, 7) is 0.336. The van der Waals surface area contributed by atoms with Gasteiger partial charge < -0.3 is 16.8 Å². The van der Waals surface area contributed by atoms with Crippen LogP contribution in [-0.4, -0.2) is 31.9 Å². The molecular formula is C12H17N3O3S. The minimum atomic E-state index is -2.97. The summed E-state index contributed by atoms with van der Waals surface area (Å²) in [5, 5.41) is 2.66. The van der Waals surface area contributed by atoms with Crippen molar-refractivity contribution in [1.29, 1.82) is 0 Å². The van der Waals surface area contributed by atoms with Crippen LogP contribution in [0.15, 0.2) is 18.2 Å². The first kappa shape index (κ1) is 13.7. The number of carbonyl (C=O) groups is 1. The second-order valence-electron chi connectivity index (χ2n) is 4.68. The smallest absolute Gasteiger partial charge is 0.248 e. The van der Waals surface area contributed by atoms with Gasteiger partial charge in [-0.1, -0.05) is 0 Å². The molecule has 1 unspecified atom stereocenters. The summed E-state index contributed by atoms with van der Waals surface area (Å²) in [5.41, 5.74) is 12.3. The molecule has 0 spiro atoms. The Kier molecular flexibility index (Phi) is 3.66. The number of hydrogen-bond donors (Lipinski definition) is 3. The van der Waals surface area contributed by atoms with E-state index in [1.807, 2.05) is 0 Å². The van der Waals surface area contributed by atoms with Crippen LogP contribution >= 0.6 is 0 Å². The molecule has 19 heavy (non-hydrogen) atoms. The first-order chi connectivity index (χ1) is 8.90. The summed E-state index contributed by atoms with van der Waals surface area (Å²) < 4.78 is 23.4. The minimum Gasteiger partial charge on any atom is -0.397 e. The molecule has 1 aliphatic heterocycles. The van der Waals surface area contributed by atoms with Crippen molar-refractivity contribution in [3.8, 4) is 0 Å². The van der Waals surface area contributed by atoms with Crippen LogP contribution in [-0.2, 0) is 9.84 Å². The van der Waals surface area contributed by atoms with Gasteiger partial charge in [0.1, 0.15) is 0 Å². The SMILES string of the molecule is NC(=O)c1ccc(NCC2CCCS2(=O)=O)c(N)c1. The molecule has 1 aromatic carbocycles. The lowest BCUT2D eigenvalue weighted by Crippen LogP contribution is -2.25. The van der Waals surface area contributed by atoms with Gasteiger partial charge in [-0.25, -0.2) is 8.42 Å². The van der Waals surface area contributed by atoms with Gasteiger partial charge in [-0.05, 0) is 31.0 Å². The van der Waals surface area contributed by atoms with E-state index >= 15 is 0 Å². The molecule has 104 valence electrons. The van der Waals surface area contributed by atoms with Crippen LogP contribution < -0.4 is 16.8 Å². The summed E-state index contributed by atoms with van der Waals surface area (Å²) in [6, 6.07) is 4.68. The lowest BCUT2D eigenvalue weighted by atomic mass is 10.1. The molecule has 0 bridgehead atoms. The number of benzene rings is 1. The largest absolute Gasteiger partial charge is 0.397 e. The Bertz CT molecular complexity index is 598. The highest BCUT2D eigenvalue weighted by Crippen LogP contribution is 2.23. The zero-order chi connectivity index (χ0) is 14.0. The van der Waals surface area contributed by atoms with Gasteiger partial charge in [0.15, 0.2) is 9.84 Å². The molecule has 0 aromatic heterocycles. The zero-order valence-corrected chi connectivity index (χ0v) is 11.2. The number of nitrogens with one attached hydrogen (secondary N) is 1. The Balaban J connectivity index is 2.06. The van der Waals surface area contributed by atoms with Gasteiger partial charge in [-0.3, -0.25) is 4.79 Å². The standard InChI is InChI=1S/C12H17N3O3S/c13-10-6-8(12(14)16)3-4-11(10)15-7-9-2-1-5-19(9,17)18/h3-4,6,9,15H,1-2,5,7,13H2,(H2,14,16). The molecule has 1 heterocycles. The van der Waals surface area contributed by atoms with Gasteiger partial charge in [0.25, 0.3) is 0 Å². The van der Waals surface area contributed by atoms with Gasteiger partial charge in [-0.2, -0.15) is 0 Å². The van der Waals surface area contributed by atoms with Gasteiger partial charge in [-0.15, -0.1) is 0 Å². The fourth-order valence-electron chi connectivity index (χ4n) is 2.19. The van der Waals surface area contributed by atoms with Crippen molar-refractivity contribution in [2.75, 3.05) is 23.3 Å². The summed E-state index contributed by atoms with van der Waals surface area (Å²) in [5.74, 6) is -0.285. The number of anilines is 2. The fraction of sp³-hybridized carbons (Fsp3) is 0.417. The summed E-state index contributed by atoms with van der Waals surface area (Å²) in [4.78, 5) is 11.0. The molecule has 5 N–H and O–H groups in total. The average Bonchev–Trinajstić information content (AvgIpc) is 2.66. The van der Waals surface area contributed by atoms with E-state index in [4.69, 9.17) is 11.5 Å². The number of carbonyl (C=O) groups excluding carboxylic acids is 1. The van der Waals surface area contributed by atoms with Gasteiger partial charge in [0.05, 0.1) is 22.4 Å². The molecule has 7 heteroatoms. The van der Waals surface area contributed by atoms with Crippen LogP contribution in [0.2, 0.25) is 0 Å². The van der Waals surface area contributed by atoms with Crippen LogP contribution in [0.1, 0.15) is 23.2 Å². The summed E-state index contributed by atoms with van der Waals surface area (Å²) in [6.07, 6.45) is 1.39. The predicted molar refractivity (Wildman–Crippen MR) is 74.7 cm³/mol. The molecule has 0 radical (unpaired) electrons. The quantitative estimate of drug-likeness (QED) is 0.690. The van der Waals surface area contributed by atoms with Gasteiger partial charge >= 0.3 is 0 Å². The van der Waals surface area contributed by atoms with E-state index in [9.17, 15) is 13.2 Å².